The molecule has 7 nitrogen and oxygen atoms in total. The van der Waals surface area contributed by atoms with Crippen LogP contribution in [0.15, 0.2) is 36.5 Å². The van der Waals surface area contributed by atoms with Crippen LogP contribution in [0.2, 0.25) is 5.02 Å². The van der Waals surface area contributed by atoms with Gasteiger partial charge in [0.15, 0.2) is 5.82 Å². The van der Waals surface area contributed by atoms with E-state index in [-0.39, 0.29) is 41.4 Å². The highest BCUT2D eigenvalue weighted by Crippen LogP contribution is 2.35. The molecule has 0 N–H and O–H groups in total. The number of aromatic nitrogens is 4. The predicted molar refractivity (Wildman–Crippen MR) is 127 cm³/mol. The van der Waals surface area contributed by atoms with Crippen molar-refractivity contribution in [2.45, 2.75) is 26.1 Å². The van der Waals surface area contributed by atoms with Crippen LogP contribution in [0.1, 0.15) is 19.4 Å². The summed E-state index contributed by atoms with van der Waals surface area (Å²) < 4.78 is 55.0. The molecule has 186 valence electrons. The summed E-state index contributed by atoms with van der Waals surface area (Å²) in [5.41, 5.74) is -0.589. The van der Waals surface area contributed by atoms with E-state index in [0.717, 1.165) is 6.07 Å². The Morgan fingerprint density at radius 1 is 1.00 bits per heavy atom. The molecule has 0 saturated carbocycles. The number of piperazine rings is 1. The lowest BCUT2D eigenvalue weighted by Crippen LogP contribution is -2.48. The fourth-order valence-corrected chi connectivity index (χ4v) is 3.82. The Morgan fingerprint density at radius 2 is 1.69 bits per heavy atom. The average Bonchev–Trinajstić information content (AvgIpc) is 2.83. The lowest BCUT2D eigenvalue weighted by atomic mass is 10.2. The Morgan fingerprint density at radius 3 is 2.31 bits per heavy atom. The number of alkyl halides is 3. The maximum atomic E-state index is 14.7. The summed E-state index contributed by atoms with van der Waals surface area (Å²) in [6.07, 6.45) is -3.15. The third-order valence-electron chi connectivity index (χ3n) is 5.83. The molecule has 4 rings (SSSR count). The molecule has 35 heavy (non-hydrogen) atoms. The van der Waals surface area contributed by atoms with Gasteiger partial charge >= 0.3 is 6.18 Å². The van der Waals surface area contributed by atoms with Gasteiger partial charge in [-0.25, -0.2) is 9.37 Å². The molecule has 0 spiro atoms. The maximum Gasteiger partial charge on any atom is 0.419 e. The number of rotatable bonds is 5. The highest BCUT2D eigenvalue weighted by Gasteiger charge is 2.36. The zero-order valence-electron chi connectivity index (χ0n) is 19.4. The topological polar surface area (TPSA) is 61.3 Å². The zero-order chi connectivity index (χ0) is 25.3. The SMILES string of the molecule is CC(C)N(C)c1nc(-c2ccc(Cl)cc2F)nc(N2CCN(c3ncccc3C(F)(F)F)CC2)n1. The van der Waals surface area contributed by atoms with Gasteiger partial charge in [-0.05, 0) is 44.2 Å². The molecular weight excluding hydrogens is 486 g/mol. The molecule has 0 atom stereocenters. The van der Waals surface area contributed by atoms with Gasteiger partial charge in [-0.3, -0.25) is 0 Å². The highest BCUT2D eigenvalue weighted by atomic mass is 35.5. The van der Waals surface area contributed by atoms with E-state index >= 15 is 0 Å². The van der Waals surface area contributed by atoms with Crippen LogP contribution in [0, 0.1) is 5.82 Å². The monoisotopic (exact) mass is 509 g/mol. The Balaban J connectivity index is 1.64. The van der Waals surface area contributed by atoms with Gasteiger partial charge in [-0.2, -0.15) is 28.1 Å². The number of hydrogen-bond donors (Lipinski definition) is 0. The number of halogens is 5. The second-order valence-electron chi connectivity index (χ2n) is 8.43. The Labute approximate surface area is 205 Å². The molecule has 12 heteroatoms. The van der Waals surface area contributed by atoms with Gasteiger partial charge < -0.3 is 14.7 Å². The minimum Gasteiger partial charge on any atom is -0.353 e. The quantitative estimate of drug-likeness (QED) is 0.453. The Kier molecular flexibility index (Phi) is 6.98. The van der Waals surface area contributed by atoms with E-state index in [4.69, 9.17) is 11.6 Å². The maximum absolute atomic E-state index is 14.7. The molecule has 1 aliphatic heterocycles. The fraction of sp³-hybridized carbons (Fsp3) is 0.391. The van der Waals surface area contributed by atoms with Gasteiger partial charge in [0.05, 0.1) is 11.1 Å². The average molecular weight is 510 g/mol. The van der Waals surface area contributed by atoms with Crippen LogP contribution in [0.5, 0.6) is 0 Å². The lowest BCUT2D eigenvalue weighted by Gasteiger charge is -2.36. The van der Waals surface area contributed by atoms with Crippen LogP contribution in [-0.4, -0.2) is 59.2 Å². The molecule has 3 aromatic rings. The Hall–Kier alpha value is -3.21. The summed E-state index contributed by atoms with van der Waals surface area (Å²) in [6.45, 7) is 5.21. The van der Waals surface area contributed by atoms with Crippen molar-refractivity contribution in [1.29, 1.82) is 0 Å². The summed E-state index contributed by atoms with van der Waals surface area (Å²) in [6, 6.07) is 6.62. The molecule has 0 aliphatic carbocycles. The van der Waals surface area contributed by atoms with E-state index in [2.05, 4.69) is 19.9 Å². The van der Waals surface area contributed by atoms with Crippen molar-refractivity contribution >= 4 is 29.3 Å². The summed E-state index contributed by atoms with van der Waals surface area (Å²) >= 11 is 5.89. The molecule has 1 fully saturated rings. The molecule has 2 aromatic heterocycles. The van der Waals surface area contributed by atoms with Gasteiger partial charge in [-0.15, -0.1) is 0 Å². The second-order valence-corrected chi connectivity index (χ2v) is 8.87. The van der Waals surface area contributed by atoms with Crippen LogP contribution in [0.4, 0.5) is 35.3 Å². The molecule has 0 amide bonds. The van der Waals surface area contributed by atoms with Crippen molar-refractivity contribution in [1.82, 2.24) is 19.9 Å². The first-order chi connectivity index (χ1) is 16.5. The van der Waals surface area contributed by atoms with E-state index < -0.39 is 17.6 Å². The van der Waals surface area contributed by atoms with Crippen LogP contribution in [-0.2, 0) is 6.18 Å². The number of hydrogen-bond acceptors (Lipinski definition) is 7. The van der Waals surface area contributed by atoms with Crippen molar-refractivity contribution in [2.24, 2.45) is 0 Å². The molecule has 0 radical (unpaired) electrons. The first-order valence-electron chi connectivity index (χ1n) is 11.0. The van der Waals surface area contributed by atoms with E-state index in [1.807, 2.05) is 30.7 Å². The van der Waals surface area contributed by atoms with Crippen molar-refractivity contribution in [3.05, 3.63) is 52.9 Å². The van der Waals surface area contributed by atoms with Crippen LogP contribution < -0.4 is 14.7 Å². The number of benzene rings is 1. The number of pyridine rings is 1. The molecule has 1 aromatic carbocycles. The van der Waals surface area contributed by atoms with Gasteiger partial charge in [0.25, 0.3) is 0 Å². The molecule has 1 saturated heterocycles. The van der Waals surface area contributed by atoms with Crippen molar-refractivity contribution in [2.75, 3.05) is 47.9 Å². The standard InChI is InChI=1S/C23H24ClF4N7/c1-14(2)33(3)21-30-19(16-7-6-15(24)13-18(16)25)31-22(32-21)35-11-9-34(10-12-35)20-17(23(26,27)28)5-4-8-29-20/h4-8,13-14H,9-12H2,1-3H3. The van der Waals surface area contributed by atoms with E-state index in [1.54, 1.807) is 11.0 Å². The van der Waals surface area contributed by atoms with Gasteiger partial charge in [0.2, 0.25) is 11.9 Å². The van der Waals surface area contributed by atoms with Crippen LogP contribution >= 0.6 is 11.6 Å². The molecule has 1 aliphatic rings. The van der Waals surface area contributed by atoms with E-state index in [9.17, 15) is 17.6 Å². The minimum absolute atomic E-state index is 0.0648. The van der Waals surface area contributed by atoms with Crippen molar-refractivity contribution in [3.63, 3.8) is 0 Å². The first kappa shape index (κ1) is 24.9. The number of anilines is 3. The Bertz CT molecular complexity index is 1200. The van der Waals surface area contributed by atoms with Crippen LogP contribution in [0.25, 0.3) is 11.4 Å². The van der Waals surface area contributed by atoms with Crippen molar-refractivity contribution < 1.29 is 17.6 Å². The fourth-order valence-electron chi connectivity index (χ4n) is 3.66. The zero-order valence-corrected chi connectivity index (χ0v) is 20.1. The lowest BCUT2D eigenvalue weighted by molar-refractivity contribution is -0.137. The smallest absolute Gasteiger partial charge is 0.353 e. The molecule has 0 bridgehead atoms. The summed E-state index contributed by atoms with van der Waals surface area (Å²) in [5.74, 6) is 0.175. The third-order valence-corrected chi connectivity index (χ3v) is 6.06. The van der Waals surface area contributed by atoms with Crippen molar-refractivity contribution in [3.8, 4) is 11.4 Å². The molecule has 3 heterocycles. The summed E-state index contributed by atoms with van der Waals surface area (Å²) in [4.78, 5) is 22.8. The van der Waals surface area contributed by atoms with Crippen LogP contribution in [0.3, 0.4) is 0 Å². The third kappa shape index (κ3) is 5.39. The summed E-state index contributed by atoms with van der Waals surface area (Å²) in [5, 5.41) is 0.254. The second kappa shape index (κ2) is 9.80. The minimum atomic E-state index is -4.50. The predicted octanol–water partition coefficient (Wildman–Crippen LogP) is 4.92. The first-order valence-corrected chi connectivity index (χ1v) is 11.4. The van der Waals surface area contributed by atoms with Gasteiger partial charge in [0, 0.05) is 50.5 Å². The van der Waals surface area contributed by atoms with Gasteiger partial charge in [-0.1, -0.05) is 11.6 Å². The van der Waals surface area contributed by atoms with Gasteiger partial charge in [0.1, 0.15) is 11.6 Å². The largest absolute Gasteiger partial charge is 0.419 e. The summed E-state index contributed by atoms with van der Waals surface area (Å²) in [7, 11) is 1.82. The normalized spacial score (nSPS) is 14.5. The molecular formula is C23H24ClF4N7. The van der Waals surface area contributed by atoms with E-state index in [0.29, 0.717) is 25.0 Å². The molecule has 0 unspecified atom stereocenters. The number of nitrogens with zero attached hydrogens (tertiary/aromatic N) is 7. The highest BCUT2D eigenvalue weighted by molar-refractivity contribution is 6.30. The van der Waals surface area contributed by atoms with E-state index in [1.165, 1.54) is 24.4 Å².